The normalized spacial score (nSPS) is 15.9. The summed E-state index contributed by atoms with van der Waals surface area (Å²) in [6.07, 6.45) is 2.79. The summed E-state index contributed by atoms with van der Waals surface area (Å²) in [5, 5.41) is 0. The van der Waals surface area contributed by atoms with Gasteiger partial charge in [0.2, 0.25) is 5.91 Å². The molecule has 2 rings (SSSR count). The fourth-order valence-corrected chi connectivity index (χ4v) is 2.89. The molecule has 4 heteroatoms. The lowest BCUT2D eigenvalue weighted by Crippen LogP contribution is -2.46. The molecule has 4 nitrogen and oxygen atoms in total. The molecule has 1 aromatic rings. The van der Waals surface area contributed by atoms with Gasteiger partial charge < -0.3 is 9.80 Å². The molecule has 0 bridgehead atoms. The lowest BCUT2D eigenvalue weighted by Gasteiger charge is -2.36. The molecule has 0 aliphatic carbocycles. The van der Waals surface area contributed by atoms with Crippen LogP contribution in [-0.2, 0) is 4.79 Å². The van der Waals surface area contributed by atoms with Crippen molar-refractivity contribution >= 4 is 11.6 Å². The Hall–Kier alpha value is -1.55. The molecule has 0 aromatic heterocycles. The SMILES string of the molecule is Cc1cccc(N2CCN(CCCCC(=O)N(C)C)CC2)c1. The number of nitrogens with zero attached hydrogens (tertiary/aromatic N) is 3. The van der Waals surface area contributed by atoms with Crippen LogP contribution in [0.15, 0.2) is 24.3 Å². The number of aryl methyl sites for hydroxylation is 1. The van der Waals surface area contributed by atoms with E-state index >= 15 is 0 Å². The summed E-state index contributed by atoms with van der Waals surface area (Å²) in [6.45, 7) is 7.70. The monoisotopic (exact) mass is 303 g/mol. The third-order valence-electron chi connectivity index (χ3n) is 4.35. The fraction of sp³-hybridized carbons (Fsp3) is 0.611. The van der Waals surface area contributed by atoms with Crippen molar-refractivity contribution in [3.8, 4) is 0 Å². The van der Waals surface area contributed by atoms with Crippen LogP contribution in [0.4, 0.5) is 5.69 Å². The van der Waals surface area contributed by atoms with Crippen LogP contribution in [-0.4, -0.2) is 62.5 Å². The summed E-state index contributed by atoms with van der Waals surface area (Å²) in [4.78, 5) is 18.2. The maximum Gasteiger partial charge on any atom is 0.222 e. The third kappa shape index (κ3) is 5.02. The van der Waals surface area contributed by atoms with E-state index in [2.05, 4.69) is 41.0 Å². The van der Waals surface area contributed by atoms with Gasteiger partial charge in [0.05, 0.1) is 0 Å². The van der Waals surface area contributed by atoms with Gasteiger partial charge in [-0.15, -0.1) is 0 Å². The third-order valence-corrected chi connectivity index (χ3v) is 4.35. The Bertz CT molecular complexity index is 479. The van der Waals surface area contributed by atoms with Gasteiger partial charge in [0.1, 0.15) is 0 Å². The Morgan fingerprint density at radius 3 is 2.50 bits per heavy atom. The molecule has 0 N–H and O–H groups in total. The van der Waals surface area contributed by atoms with E-state index in [9.17, 15) is 4.79 Å². The number of benzene rings is 1. The van der Waals surface area contributed by atoms with Gasteiger partial charge in [-0.25, -0.2) is 0 Å². The Labute approximate surface area is 134 Å². The van der Waals surface area contributed by atoms with Crippen LogP contribution in [0.2, 0.25) is 0 Å². The van der Waals surface area contributed by atoms with Gasteiger partial charge in [0.15, 0.2) is 0 Å². The number of carbonyl (C=O) groups is 1. The molecule has 0 unspecified atom stereocenters. The zero-order chi connectivity index (χ0) is 15.9. The molecule has 22 heavy (non-hydrogen) atoms. The number of carbonyl (C=O) groups excluding carboxylic acids is 1. The number of piperazine rings is 1. The summed E-state index contributed by atoms with van der Waals surface area (Å²) in [5.74, 6) is 0.240. The number of unbranched alkanes of at least 4 members (excludes halogenated alkanes) is 1. The predicted molar refractivity (Wildman–Crippen MR) is 92.4 cm³/mol. The largest absolute Gasteiger partial charge is 0.369 e. The van der Waals surface area contributed by atoms with Crippen molar-refractivity contribution < 1.29 is 4.79 Å². The van der Waals surface area contributed by atoms with E-state index in [1.165, 1.54) is 11.3 Å². The van der Waals surface area contributed by atoms with Gasteiger partial charge >= 0.3 is 0 Å². The zero-order valence-corrected chi connectivity index (χ0v) is 14.2. The molecular formula is C18H29N3O. The number of rotatable bonds is 6. The summed E-state index contributed by atoms with van der Waals surface area (Å²) in [7, 11) is 3.65. The molecule has 1 amide bonds. The van der Waals surface area contributed by atoms with Crippen LogP contribution in [0.5, 0.6) is 0 Å². The fourth-order valence-electron chi connectivity index (χ4n) is 2.89. The lowest BCUT2D eigenvalue weighted by atomic mass is 10.1. The molecule has 0 spiro atoms. The molecular weight excluding hydrogens is 274 g/mol. The molecule has 0 saturated carbocycles. The Kier molecular flexibility index (Phi) is 6.25. The summed E-state index contributed by atoms with van der Waals surface area (Å²) in [5.41, 5.74) is 2.67. The quantitative estimate of drug-likeness (QED) is 0.755. The Morgan fingerprint density at radius 1 is 1.14 bits per heavy atom. The van der Waals surface area contributed by atoms with E-state index in [1.807, 2.05) is 14.1 Å². The molecule has 0 radical (unpaired) electrons. The Morgan fingerprint density at radius 2 is 1.86 bits per heavy atom. The minimum Gasteiger partial charge on any atom is -0.369 e. The van der Waals surface area contributed by atoms with Gasteiger partial charge in [-0.05, 0) is 44.0 Å². The number of hydrogen-bond donors (Lipinski definition) is 0. The summed E-state index contributed by atoms with van der Waals surface area (Å²) in [6, 6.07) is 8.76. The van der Waals surface area contributed by atoms with Crippen LogP contribution < -0.4 is 4.90 Å². The molecule has 1 aromatic carbocycles. The first-order valence-corrected chi connectivity index (χ1v) is 8.30. The number of amides is 1. The number of hydrogen-bond acceptors (Lipinski definition) is 3. The molecule has 1 heterocycles. The molecule has 1 saturated heterocycles. The standard InChI is InChI=1S/C18H29N3O/c1-16-7-6-8-17(15-16)21-13-11-20(12-14-21)10-5-4-9-18(22)19(2)3/h6-8,15H,4-5,9-14H2,1-3H3. The summed E-state index contributed by atoms with van der Waals surface area (Å²) < 4.78 is 0. The van der Waals surface area contributed by atoms with Gasteiger partial charge in [-0.3, -0.25) is 9.69 Å². The molecule has 1 aliphatic heterocycles. The van der Waals surface area contributed by atoms with E-state index in [4.69, 9.17) is 0 Å². The maximum absolute atomic E-state index is 11.5. The van der Waals surface area contributed by atoms with Crippen molar-refractivity contribution in [2.45, 2.75) is 26.2 Å². The highest BCUT2D eigenvalue weighted by Crippen LogP contribution is 2.18. The van der Waals surface area contributed by atoms with Crippen molar-refractivity contribution in [3.05, 3.63) is 29.8 Å². The van der Waals surface area contributed by atoms with Crippen LogP contribution in [0.1, 0.15) is 24.8 Å². The van der Waals surface area contributed by atoms with Crippen molar-refractivity contribution in [2.24, 2.45) is 0 Å². The van der Waals surface area contributed by atoms with Crippen LogP contribution >= 0.6 is 0 Å². The maximum atomic E-state index is 11.5. The molecule has 122 valence electrons. The second kappa shape index (κ2) is 8.18. The molecule has 1 aliphatic rings. The van der Waals surface area contributed by atoms with Crippen molar-refractivity contribution in [1.82, 2.24) is 9.80 Å². The van der Waals surface area contributed by atoms with Gasteiger partial charge in [0, 0.05) is 52.4 Å². The highest BCUT2D eigenvalue weighted by atomic mass is 16.2. The Balaban J connectivity index is 1.66. The highest BCUT2D eigenvalue weighted by molar-refractivity contribution is 5.75. The second-order valence-electron chi connectivity index (χ2n) is 6.41. The van der Waals surface area contributed by atoms with Gasteiger partial charge in [-0.2, -0.15) is 0 Å². The van der Waals surface area contributed by atoms with Crippen LogP contribution in [0, 0.1) is 6.92 Å². The van der Waals surface area contributed by atoms with Crippen molar-refractivity contribution in [2.75, 3.05) is 51.7 Å². The molecule has 0 atom stereocenters. The second-order valence-corrected chi connectivity index (χ2v) is 6.41. The first kappa shape index (κ1) is 16.8. The van der Waals surface area contributed by atoms with Crippen molar-refractivity contribution in [3.63, 3.8) is 0 Å². The van der Waals surface area contributed by atoms with Crippen molar-refractivity contribution in [1.29, 1.82) is 0 Å². The van der Waals surface area contributed by atoms with Crippen LogP contribution in [0.25, 0.3) is 0 Å². The van der Waals surface area contributed by atoms with Crippen LogP contribution in [0.3, 0.4) is 0 Å². The summed E-state index contributed by atoms with van der Waals surface area (Å²) >= 11 is 0. The predicted octanol–water partition coefficient (Wildman–Crippen LogP) is 2.38. The van der Waals surface area contributed by atoms with E-state index < -0.39 is 0 Å². The van der Waals surface area contributed by atoms with E-state index in [0.29, 0.717) is 6.42 Å². The minimum absolute atomic E-state index is 0.240. The molecule has 1 fully saturated rings. The van der Waals surface area contributed by atoms with E-state index in [-0.39, 0.29) is 5.91 Å². The highest BCUT2D eigenvalue weighted by Gasteiger charge is 2.16. The van der Waals surface area contributed by atoms with Gasteiger partial charge in [-0.1, -0.05) is 12.1 Å². The first-order valence-electron chi connectivity index (χ1n) is 8.30. The number of anilines is 1. The van der Waals surface area contributed by atoms with Gasteiger partial charge in [0.25, 0.3) is 0 Å². The zero-order valence-electron chi connectivity index (χ0n) is 14.2. The average molecular weight is 303 g/mol. The average Bonchev–Trinajstić information content (AvgIpc) is 2.52. The topological polar surface area (TPSA) is 26.8 Å². The smallest absolute Gasteiger partial charge is 0.222 e. The van der Waals surface area contributed by atoms with E-state index in [1.54, 1.807) is 4.90 Å². The lowest BCUT2D eigenvalue weighted by molar-refractivity contribution is -0.128. The van der Waals surface area contributed by atoms with E-state index in [0.717, 1.165) is 45.6 Å². The minimum atomic E-state index is 0.240. The first-order chi connectivity index (χ1) is 10.6.